The molecule has 0 heterocycles. The van der Waals surface area contributed by atoms with Crippen LogP contribution in [0.5, 0.6) is 0 Å². The van der Waals surface area contributed by atoms with Crippen LogP contribution < -0.4 is 5.32 Å². The number of carboxylic acid groups (broad SMARTS) is 1. The van der Waals surface area contributed by atoms with Crippen molar-refractivity contribution in [3.8, 4) is 0 Å². The standard InChI is InChI=1S/C20H25NO3/c22-18(16-3-1-2-4-17(16)19(23)24)21-6-5-20-10-13-7-14(11-20)9-15(8-13)12-20/h1-4,13-15H,5-12H2,(H,21,22)(H,23,24). The maximum absolute atomic E-state index is 12.4. The lowest BCUT2D eigenvalue weighted by atomic mass is 9.49. The Morgan fingerprint density at radius 1 is 1.00 bits per heavy atom. The second-order valence-corrected chi connectivity index (χ2v) is 8.27. The number of nitrogens with one attached hydrogen (secondary N) is 1. The van der Waals surface area contributed by atoms with E-state index < -0.39 is 5.97 Å². The van der Waals surface area contributed by atoms with Gasteiger partial charge in [0.05, 0.1) is 11.1 Å². The van der Waals surface area contributed by atoms with Crippen LogP contribution in [0.3, 0.4) is 0 Å². The average Bonchev–Trinajstić information content (AvgIpc) is 2.53. The van der Waals surface area contributed by atoms with Crippen LogP contribution in [-0.4, -0.2) is 23.5 Å². The van der Waals surface area contributed by atoms with Gasteiger partial charge in [0.25, 0.3) is 5.91 Å². The number of rotatable bonds is 5. The number of carboxylic acids is 1. The number of hydrogen-bond acceptors (Lipinski definition) is 2. The molecule has 0 aromatic heterocycles. The van der Waals surface area contributed by atoms with Gasteiger partial charge >= 0.3 is 5.97 Å². The molecular formula is C20H25NO3. The summed E-state index contributed by atoms with van der Waals surface area (Å²) in [5, 5.41) is 12.2. The molecule has 0 atom stereocenters. The van der Waals surface area contributed by atoms with Gasteiger partial charge in [0.2, 0.25) is 0 Å². The van der Waals surface area contributed by atoms with Crippen molar-refractivity contribution in [2.24, 2.45) is 23.2 Å². The van der Waals surface area contributed by atoms with Crippen molar-refractivity contribution in [3.05, 3.63) is 35.4 Å². The van der Waals surface area contributed by atoms with Crippen LogP contribution in [-0.2, 0) is 0 Å². The Bertz CT molecular complexity index is 631. The Morgan fingerprint density at radius 3 is 2.08 bits per heavy atom. The van der Waals surface area contributed by atoms with Gasteiger partial charge in [-0.25, -0.2) is 4.79 Å². The Labute approximate surface area is 142 Å². The second-order valence-electron chi connectivity index (χ2n) is 8.27. The molecule has 4 heteroatoms. The summed E-state index contributed by atoms with van der Waals surface area (Å²) in [7, 11) is 0. The lowest BCUT2D eigenvalue weighted by molar-refractivity contribution is -0.0564. The lowest BCUT2D eigenvalue weighted by Crippen LogP contribution is -2.47. The summed E-state index contributed by atoms with van der Waals surface area (Å²) in [5.74, 6) is 1.43. The fourth-order valence-electron chi connectivity index (χ4n) is 6.00. The van der Waals surface area contributed by atoms with E-state index in [1.165, 1.54) is 44.6 Å². The minimum atomic E-state index is -1.05. The van der Waals surface area contributed by atoms with E-state index in [1.807, 2.05) is 0 Å². The first-order chi connectivity index (χ1) is 11.5. The molecule has 1 aromatic carbocycles. The maximum Gasteiger partial charge on any atom is 0.336 e. The van der Waals surface area contributed by atoms with Gasteiger partial charge in [0.1, 0.15) is 0 Å². The monoisotopic (exact) mass is 327 g/mol. The van der Waals surface area contributed by atoms with Gasteiger partial charge in [-0.1, -0.05) is 12.1 Å². The van der Waals surface area contributed by atoms with Crippen LogP contribution in [0.15, 0.2) is 24.3 Å². The highest BCUT2D eigenvalue weighted by molar-refractivity contribution is 6.04. The van der Waals surface area contributed by atoms with E-state index in [0.717, 1.165) is 24.2 Å². The van der Waals surface area contributed by atoms with Crippen molar-refractivity contribution in [1.29, 1.82) is 0 Å². The number of carbonyl (C=O) groups excluding carboxylic acids is 1. The highest BCUT2D eigenvalue weighted by Gasteiger charge is 2.50. The molecule has 5 rings (SSSR count). The number of carbonyl (C=O) groups is 2. The molecule has 0 radical (unpaired) electrons. The topological polar surface area (TPSA) is 66.4 Å². The van der Waals surface area contributed by atoms with Crippen molar-refractivity contribution in [1.82, 2.24) is 5.32 Å². The third kappa shape index (κ3) is 2.83. The largest absolute Gasteiger partial charge is 0.478 e. The first-order valence-corrected chi connectivity index (χ1v) is 9.15. The molecule has 0 spiro atoms. The van der Waals surface area contributed by atoms with Crippen molar-refractivity contribution in [2.75, 3.05) is 6.54 Å². The molecule has 0 unspecified atom stereocenters. The Morgan fingerprint density at radius 2 is 1.54 bits per heavy atom. The average molecular weight is 327 g/mol. The van der Waals surface area contributed by atoms with E-state index in [1.54, 1.807) is 18.2 Å². The minimum Gasteiger partial charge on any atom is -0.478 e. The molecular weight excluding hydrogens is 302 g/mol. The zero-order valence-electron chi connectivity index (χ0n) is 14.0. The number of amides is 1. The zero-order chi connectivity index (χ0) is 16.7. The third-order valence-electron chi connectivity index (χ3n) is 6.51. The summed E-state index contributed by atoms with van der Waals surface area (Å²) in [5.41, 5.74) is 0.772. The number of aromatic carboxylic acids is 1. The van der Waals surface area contributed by atoms with Gasteiger partial charge in [0.15, 0.2) is 0 Å². The minimum absolute atomic E-state index is 0.0739. The molecule has 24 heavy (non-hydrogen) atoms. The van der Waals surface area contributed by atoms with Gasteiger partial charge in [-0.2, -0.15) is 0 Å². The molecule has 128 valence electrons. The predicted molar refractivity (Wildman–Crippen MR) is 91.0 cm³/mol. The van der Waals surface area contributed by atoms with Crippen molar-refractivity contribution < 1.29 is 14.7 Å². The van der Waals surface area contributed by atoms with Gasteiger partial charge in [0, 0.05) is 6.54 Å². The Kier molecular flexibility index (Phi) is 3.86. The smallest absolute Gasteiger partial charge is 0.336 e. The molecule has 1 amide bonds. The highest BCUT2D eigenvalue weighted by atomic mass is 16.4. The first-order valence-electron chi connectivity index (χ1n) is 9.15. The molecule has 0 saturated heterocycles. The van der Waals surface area contributed by atoms with E-state index in [-0.39, 0.29) is 17.0 Å². The first kappa shape index (κ1) is 15.7. The van der Waals surface area contributed by atoms with Crippen molar-refractivity contribution in [2.45, 2.75) is 44.9 Å². The summed E-state index contributed by atoms with van der Waals surface area (Å²) in [4.78, 5) is 23.6. The molecule has 4 aliphatic carbocycles. The summed E-state index contributed by atoms with van der Waals surface area (Å²) in [6.45, 7) is 0.652. The molecule has 4 nitrogen and oxygen atoms in total. The SMILES string of the molecule is O=C(O)c1ccccc1C(=O)NCCC12CC3CC(CC(C3)C1)C2. The van der Waals surface area contributed by atoms with E-state index in [2.05, 4.69) is 5.32 Å². The van der Waals surface area contributed by atoms with Gasteiger partial charge < -0.3 is 10.4 Å². The molecule has 1 aromatic rings. The molecule has 4 aliphatic rings. The van der Waals surface area contributed by atoms with Crippen LogP contribution in [0.1, 0.15) is 65.7 Å². The van der Waals surface area contributed by atoms with Gasteiger partial charge in [-0.3, -0.25) is 4.79 Å². The van der Waals surface area contributed by atoms with E-state index in [4.69, 9.17) is 0 Å². The summed E-state index contributed by atoms with van der Waals surface area (Å²) < 4.78 is 0. The summed E-state index contributed by atoms with van der Waals surface area (Å²) in [6, 6.07) is 6.43. The molecule has 4 bridgehead atoms. The molecule has 2 N–H and O–H groups in total. The normalized spacial score (nSPS) is 33.4. The molecule has 4 saturated carbocycles. The maximum atomic E-state index is 12.4. The molecule has 4 fully saturated rings. The van der Waals surface area contributed by atoms with Gasteiger partial charge in [-0.15, -0.1) is 0 Å². The third-order valence-corrected chi connectivity index (χ3v) is 6.51. The fourth-order valence-corrected chi connectivity index (χ4v) is 6.00. The summed E-state index contributed by atoms with van der Waals surface area (Å²) in [6.07, 6.45) is 9.33. The van der Waals surface area contributed by atoms with Crippen LogP contribution >= 0.6 is 0 Å². The van der Waals surface area contributed by atoms with Crippen LogP contribution in [0, 0.1) is 23.2 Å². The van der Waals surface area contributed by atoms with E-state index in [0.29, 0.717) is 12.0 Å². The Hall–Kier alpha value is -1.84. The number of benzene rings is 1. The van der Waals surface area contributed by atoms with E-state index in [9.17, 15) is 14.7 Å². The number of hydrogen-bond donors (Lipinski definition) is 2. The quantitative estimate of drug-likeness (QED) is 0.866. The van der Waals surface area contributed by atoms with Gasteiger partial charge in [-0.05, 0) is 80.2 Å². The van der Waals surface area contributed by atoms with Crippen LogP contribution in [0.2, 0.25) is 0 Å². The van der Waals surface area contributed by atoms with Crippen LogP contribution in [0.25, 0.3) is 0 Å². The highest BCUT2D eigenvalue weighted by Crippen LogP contribution is 2.61. The predicted octanol–water partition coefficient (Wildman–Crippen LogP) is 3.72. The fraction of sp³-hybridized carbons (Fsp3) is 0.600. The second kappa shape index (κ2) is 5.91. The van der Waals surface area contributed by atoms with Crippen molar-refractivity contribution >= 4 is 11.9 Å². The van der Waals surface area contributed by atoms with Crippen LogP contribution in [0.4, 0.5) is 0 Å². The Balaban J connectivity index is 1.38. The van der Waals surface area contributed by atoms with E-state index >= 15 is 0 Å². The van der Waals surface area contributed by atoms with Crippen molar-refractivity contribution in [3.63, 3.8) is 0 Å². The zero-order valence-corrected chi connectivity index (χ0v) is 14.0. The molecule has 0 aliphatic heterocycles. The summed E-state index contributed by atoms with van der Waals surface area (Å²) >= 11 is 0. The lowest BCUT2D eigenvalue weighted by Gasteiger charge is -2.57.